The third-order valence-corrected chi connectivity index (χ3v) is 6.68. The van der Waals surface area contributed by atoms with Gasteiger partial charge in [0.1, 0.15) is 10.0 Å². The van der Waals surface area contributed by atoms with E-state index in [4.69, 9.17) is 6.42 Å². The number of carbonyl (C=O) groups excluding carboxylic acids is 1. The van der Waals surface area contributed by atoms with Crippen LogP contribution in [0, 0.1) is 19.3 Å². The summed E-state index contributed by atoms with van der Waals surface area (Å²) in [6.07, 6.45) is 2.07. The second-order valence-electron chi connectivity index (χ2n) is 6.10. The van der Waals surface area contributed by atoms with Gasteiger partial charge in [-0.25, -0.2) is 13.4 Å². The number of terminal acetylenes is 1. The first kappa shape index (κ1) is 22.8. The largest absolute Gasteiger partial charge is 0.390 e. The SMILES string of the molecule is C#CCN(C(=O)CCS(=O)(=O)CCC(F)(F)F)c1sc(-c2cccnc2)nc1C. The molecule has 0 aliphatic carbocycles. The topological polar surface area (TPSA) is 80.2 Å². The third-order valence-electron chi connectivity index (χ3n) is 3.80. The molecule has 0 radical (unpaired) electrons. The quantitative estimate of drug-likeness (QED) is 0.583. The molecule has 2 aromatic rings. The van der Waals surface area contributed by atoms with Crippen molar-refractivity contribution in [1.82, 2.24) is 9.97 Å². The first-order valence-electron chi connectivity index (χ1n) is 8.41. The van der Waals surface area contributed by atoms with Crippen molar-refractivity contribution in [2.24, 2.45) is 0 Å². The molecule has 0 saturated heterocycles. The van der Waals surface area contributed by atoms with Crippen LogP contribution in [0.5, 0.6) is 0 Å². The number of rotatable bonds is 8. The second-order valence-corrected chi connectivity index (χ2v) is 9.38. The molecule has 1 amide bonds. The number of hydrogen-bond donors (Lipinski definition) is 0. The summed E-state index contributed by atoms with van der Waals surface area (Å²) in [6.45, 7) is 1.57. The Balaban J connectivity index is 2.14. The van der Waals surface area contributed by atoms with Gasteiger partial charge in [-0.2, -0.15) is 13.2 Å². The van der Waals surface area contributed by atoms with Gasteiger partial charge in [0.2, 0.25) is 5.91 Å². The molecule has 0 spiro atoms. The molecular weight excluding hydrogens is 427 g/mol. The molecule has 156 valence electrons. The fourth-order valence-corrected chi connectivity index (χ4v) is 4.67. The summed E-state index contributed by atoms with van der Waals surface area (Å²) in [4.78, 5) is 22.2. The van der Waals surface area contributed by atoms with Gasteiger partial charge in [0.25, 0.3) is 0 Å². The van der Waals surface area contributed by atoms with E-state index in [-0.39, 0.29) is 6.54 Å². The Bertz CT molecular complexity index is 997. The molecule has 6 nitrogen and oxygen atoms in total. The predicted octanol–water partition coefficient (Wildman–Crippen LogP) is 3.24. The minimum atomic E-state index is -4.57. The van der Waals surface area contributed by atoms with Crippen molar-refractivity contribution in [2.45, 2.75) is 25.9 Å². The molecule has 0 N–H and O–H groups in total. The van der Waals surface area contributed by atoms with E-state index in [1.54, 1.807) is 31.5 Å². The Kier molecular flexibility index (Phi) is 7.37. The van der Waals surface area contributed by atoms with Gasteiger partial charge >= 0.3 is 6.18 Å². The molecule has 2 aromatic heterocycles. The Labute approximate surface area is 170 Å². The van der Waals surface area contributed by atoms with Gasteiger partial charge in [-0.1, -0.05) is 17.3 Å². The van der Waals surface area contributed by atoms with Gasteiger partial charge in [-0.3, -0.25) is 14.7 Å². The fourth-order valence-electron chi connectivity index (χ4n) is 2.37. The van der Waals surface area contributed by atoms with Crippen LogP contribution in [-0.2, 0) is 14.6 Å². The van der Waals surface area contributed by atoms with Gasteiger partial charge in [-0.05, 0) is 19.1 Å². The number of amides is 1. The smallest absolute Gasteiger partial charge is 0.290 e. The number of alkyl halides is 3. The fraction of sp³-hybridized carbons (Fsp3) is 0.389. The first-order chi connectivity index (χ1) is 13.5. The van der Waals surface area contributed by atoms with Crippen LogP contribution in [-0.4, -0.2) is 48.5 Å². The molecule has 29 heavy (non-hydrogen) atoms. The molecule has 0 fully saturated rings. The lowest BCUT2D eigenvalue weighted by atomic mass is 10.3. The van der Waals surface area contributed by atoms with Gasteiger partial charge in [0, 0.05) is 24.4 Å². The molecule has 0 aliphatic rings. The molecule has 0 bridgehead atoms. The van der Waals surface area contributed by atoms with Crippen LogP contribution in [0.3, 0.4) is 0 Å². The average molecular weight is 445 g/mol. The number of anilines is 1. The maximum atomic E-state index is 12.6. The highest BCUT2D eigenvalue weighted by Crippen LogP contribution is 2.34. The molecule has 0 saturated carbocycles. The molecule has 0 aromatic carbocycles. The maximum Gasteiger partial charge on any atom is 0.390 e. The number of pyridine rings is 1. The van der Waals surface area contributed by atoms with Crippen LogP contribution < -0.4 is 4.90 Å². The van der Waals surface area contributed by atoms with E-state index in [0.717, 1.165) is 5.56 Å². The van der Waals surface area contributed by atoms with E-state index < -0.39 is 46.3 Å². The molecule has 0 aliphatic heterocycles. The van der Waals surface area contributed by atoms with E-state index >= 15 is 0 Å². The Morgan fingerprint density at radius 3 is 2.66 bits per heavy atom. The van der Waals surface area contributed by atoms with Crippen molar-refractivity contribution in [3.8, 4) is 22.9 Å². The van der Waals surface area contributed by atoms with Crippen molar-refractivity contribution in [3.05, 3.63) is 30.2 Å². The summed E-state index contributed by atoms with van der Waals surface area (Å²) in [5, 5.41) is 1.07. The Morgan fingerprint density at radius 1 is 1.34 bits per heavy atom. The lowest BCUT2D eigenvalue weighted by Crippen LogP contribution is -2.33. The molecule has 11 heteroatoms. The van der Waals surface area contributed by atoms with Crippen LogP contribution in [0.4, 0.5) is 18.2 Å². The van der Waals surface area contributed by atoms with Crippen molar-refractivity contribution in [2.75, 3.05) is 23.0 Å². The average Bonchev–Trinajstić information content (AvgIpc) is 3.04. The number of aryl methyl sites for hydroxylation is 1. The Hall–Kier alpha value is -2.45. The molecule has 0 unspecified atom stereocenters. The van der Waals surface area contributed by atoms with Gasteiger partial charge < -0.3 is 0 Å². The van der Waals surface area contributed by atoms with Gasteiger partial charge in [-0.15, -0.1) is 6.42 Å². The van der Waals surface area contributed by atoms with E-state index in [1.807, 2.05) is 0 Å². The summed E-state index contributed by atoms with van der Waals surface area (Å²) >= 11 is 1.20. The van der Waals surface area contributed by atoms with Crippen LogP contribution >= 0.6 is 11.3 Å². The zero-order valence-corrected chi connectivity index (χ0v) is 17.1. The third kappa shape index (κ3) is 6.83. The van der Waals surface area contributed by atoms with E-state index in [9.17, 15) is 26.4 Å². The van der Waals surface area contributed by atoms with E-state index in [1.165, 1.54) is 16.2 Å². The van der Waals surface area contributed by atoms with Crippen LogP contribution in [0.1, 0.15) is 18.5 Å². The molecule has 0 atom stereocenters. The number of hydrogen-bond acceptors (Lipinski definition) is 6. The van der Waals surface area contributed by atoms with Crippen LogP contribution in [0.2, 0.25) is 0 Å². The number of halogens is 3. The minimum absolute atomic E-state index is 0.114. The van der Waals surface area contributed by atoms with Crippen molar-refractivity contribution in [3.63, 3.8) is 0 Å². The first-order valence-corrected chi connectivity index (χ1v) is 11.0. The van der Waals surface area contributed by atoms with Gasteiger partial charge in [0.15, 0.2) is 9.84 Å². The number of thiazole rings is 1. The normalized spacial score (nSPS) is 11.8. The maximum absolute atomic E-state index is 12.6. The summed E-state index contributed by atoms with van der Waals surface area (Å²) in [6, 6.07) is 3.54. The van der Waals surface area contributed by atoms with E-state index in [0.29, 0.717) is 15.7 Å². The lowest BCUT2D eigenvalue weighted by Gasteiger charge is -2.19. The second kappa shape index (κ2) is 9.37. The van der Waals surface area contributed by atoms with Crippen LogP contribution in [0.15, 0.2) is 24.5 Å². The van der Waals surface area contributed by atoms with E-state index in [2.05, 4.69) is 15.9 Å². The van der Waals surface area contributed by atoms with Crippen LogP contribution in [0.25, 0.3) is 10.6 Å². The molecule has 2 rings (SSSR count). The number of nitrogens with zero attached hydrogens (tertiary/aromatic N) is 3. The highest BCUT2D eigenvalue weighted by Gasteiger charge is 2.30. The zero-order valence-electron chi connectivity index (χ0n) is 15.4. The number of carbonyl (C=O) groups is 1. The zero-order chi connectivity index (χ0) is 21.7. The summed E-state index contributed by atoms with van der Waals surface area (Å²) < 4.78 is 60.4. The predicted molar refractivity (Wildman–Crippen MR) is 105 cm³/mol. The minimum Gasteiger partial charge on any atom is -0.290 e. The standard InChI is InChI=1S/C18H18F3N3O3S2/c1-3-9-24(15(25)6-10-29(26,27)11-7-18(19,20)21)17-13(2)23-16(28-17)14-5-4-8-22-12-14/h1,4-5,8,12H,6-7,9-11H2,2H3. The van der Waals surface area contributed by atoms with Crippen molar-refractivity contribution >= 4 is 32.1 Å². The number of aromatic nitrogens is 2. The highest BCUT2D eigenvalue weighted by molar-refractivity contribution is 7.91. The van der Waals surface area contributed by atoms with Crippen molar-refractivity contribution < 1.29 is 26.4 Å². The summed E-state index contributed by atoms with van der Waals surface area (Å²) in [5.74, 6) is 0.00850. The van der Waals surface area contributed by atoms with Crippen molar-refractivity contribution in [1.29, 1.82) is 0 Å². The number of sulfone groups is 1. The lowest BCUT2D eigenvalue weighted by molar-refractivity contribution is -0.129. The van der Waals surface area contributed by atoms with Gasteiger partial charge in [0.05, 0.1) is 30.2 Å². The highest BCUT2D eigenvalue weighted by atomic mass is 32.2. The monoisotopic (exact) mass is 445 g/mol. The molecular formula is C18H18F3N3O3S2. The Morgan fingerprint density at radius 2 is 2.07 bits per heavy atom. The summed E-state index contributed by atoms with van der Waals surface area (Å²) in [5.41, 5.74) is 1.27. The summed E-state index contributed by atoms with van der Waals surface area (Å²) in [7, 11) is -4.03. The molecule has 2 heterocycles.